The molecule has 1 atom stereocenters. The molecule has 8 heteroatoms. The van der Waals surface area contributed by atoms with Crippen LogP contribution >= 0.6 is 0 Å². The Balaban J connectivity index is 2.53. The van der Waals surface area contributed by atoms with E-state index in [4.69, 9.17) is 10.2 Å². The van der Waals surface area contributed by atoms with Gasteiger partial charge in [0.25, 0.3) is 5.91 Å². The molecule has 1 unspecified atom stereocenters. The summed E-state index contributed by atoms with van der Waals surface area (Å²) < 4.78 is 19.2. The van der Waals surface area contributed by atoms with E-state index in [0.29, 0.717) is 34.8 Å². The molecule has 3 N–H and O–H groups in total. The molecule has 0 bridgehead atoms. The van der Waals surface area contributed by atoms with Crippen molar-refractivity contribution in [3.8, 4) is 0 Å². The van der Waals surface area contributed by atoms with Crippen molar-refractivity contribution in [3.63, 3.8) is 0 Å². The molecule has 0 spiro atoms. The fraction of sp³-hybridized carbons (Fsp3) is 0.529. The Morgan fingerprint density at radius 3 is 2.72 bits per heavy atom. The predicted molar refractivity (Wildman–Crippen MR) is 101 cm³/mol. The number of amides is 1. The van der Waals surface area contributed by atoms with E-state index >= 15 is 0 Å². The van der Waals surface area contributed by atoms with Crippen LogP contribution in [0.3, 0.4) is 0 Å². The smallest absolute Gasteiger partial charge is 0.255 e. The maximum absolute atomic E-state index is 12.2. The van der Waals surface area contributed by atoms with E-state index in [-0.39, 0.29) is 5.91 Å². The van der Waals surface area contributed by atoms with Crippen LogP contribution < -0.4 is 15.4 Å². The van der Waals surface area contributed by atoms with Gasteiger partial charge in [-0.1, -0.05) is 6.42 Å². The van der Waals surface area contributed by atoms with E-state index < -0.39 is 11.0 Å². The average Bonchev–Trinajstić information content (AvgIpc) is 2.91. The highest BCUT2D eigenvalue weighted by molar-refractivity contribution is 7.85. The number of hydrogen-bond acceptors (Lipinski definition) is 5. The van der Waals surface area contributed by atoms with Crippen LogP contribution in [0.15, 0.2) is 10.5 Å². The number of hydrogen-bond donors (Lipinski definition) is 2. The van der Waals surface area contributed by atoms with Crippen LogP contribution in [0.4, 0.5) is 5.82 Å². The molecule has 0 aliphatic rings. The van der Waals surface area contributed by atoms with Crippen molar-refractivity contribution in [2.75, 3.05) is 31.2 Å². The zero-order valence-electron chi connectivity index (χ0n) is 15.2. The second-order valence-electron chi connectivity index (χ2n) is 5.96. The number of furan rings is 1. The van der Waals surface area contributed by atoms with Crippen LogP contribution in [0, 0.1) is 6.92 Å². The van der Waals surface area contributed by atoms with Gasteiger partial charge in [-0.05, 0) is 44.4 Å². The normalized spacial score (nSPS) is 12.4. The summed E-state index contributed by atoms with van der Waals surface area (Å²) in [5.41, 5.74) is 7.39. The Morgan fingerprint density at radius 1 is 1.40 bits per heavy atom. The number of pyridine rings is 1. The minimum Gasteiger partial charge on any atom is -0.442 e. The van der Waals surface area contributed by atoms with Crippen LogP contribution in [0.25, 0.3) is 11.1 Å². The molecular formula is C17H26N4O3S. The second-order valence-corrected chi connectivity index (χ2v) is 7.35. The number of aryl methyl sites for hydroxylation is 2. The van der Waals surface area contributed by atoms with Crippen LogP contribution in [-0.4, -0.2) is 42.0 Å². The van der Waals surface area contributed by atoms with Gasteiger partial charge >= 0.3 is 0 Å². The van der Waals surface area contributed by atoms with Crippen LogP contribution in [0.1, 0.15) is 40.9 Å². The molecule has 2 aromatic heterocycles. The third-order valence-electron chi connectivity index (χ3n) is 4.20. The molecule has 2 heterocycles. The fourth-order valence-electron chi connectivity index (χ4n) is 2.79. The molecule has 7 nitrogen and oxygen atoms in total. The third-order valence-corrected chi connectivity index (χ3v) is 5.15. The van der Waals surface area contributed by atoms with E-state index in [1.54, 1.807) is 31.6 Å². The lowest BCUT2D eigenvalue weighted by Crippen LogP contribution is -2.22. The maximum atomic E-state index is 12.2. The second kappa shape index (κ2) is 8.44. The van der Waals surface area contributed by atoms with Gasteiger partial charge in [0, 0.05) is 20.4 Å². The SMILES string of the molecule is CNC(=O)c1c(C)oc2nc(N(C)S(C)=O)c(CCCCCN)cc12. The van der Waals surface area contributed by atoms with Crippen molar-refractivity contribution in [1.29, 1.82) is 0 Å². The fourth-order valence-corrected chi connectivity index (χ4v) is 3.20. The van der Waals surface area contributed by atoms with Gasteiger partial charge in [-0.3, -0.25) is 9.10 Å². The summed E-state index contributed by atoms with van der Waals surface area (Å²) in [6, 6.07) is 1.94. The average molecular weight is 366 g/mol. The molecule has 0 aliphatic carbocycles. The Kier molecular flexibility index (Phi) is 6.55. The number of nitrogens with one attached hydrogen (secondary N) is 1. The molecule has 138 valence electrons. The molecule has 2 rings (SSSR count). The molecule has 25 heavy (non-hydrogen) atoms. The Hall–Kier alpha value is -1.93. The maximum Gasteiger partial charge on any atom is 0.255 e. The summed E-state index contributed by atoms with van der Waals surface area (Å²) in [5, 5.41) is 3.32. The first-order valence-electron chi connectivity index (χ1n) is 8.33. The summed E-state index contributed by atoms with van der Waals surface area (Å²) in [6.45, 7) is 2.42. The quantitative estimate of drug-likeness (QED) is 0.695. The number of carbonyl (C=O) groups is 1. The van der Waals surface area contributed by atoms with E-state index in [1.165, 1.54) is 0 Å². The summed E-state index contributed by atoms with van der Waals surface area (Å²) in [7, 11) is 2.12. The van der Waals surface area contributed by atoms with Crippen molar-refractivity contribution in [1.82, 2.24) is 10.3 Å². The van der Waals surface area contributed by atoms with Crippen molar-refractivity contribution >= 4 is 33.8 Å². The Bertz CT molecular complexity index is 788. The highest BCUT2D eigenvalue weighted by Gasteiger charge is 2.22. The van der Waals surface area contributed by atoms with Gasteiger partial charge in [-0.15, -0.1) is 0 Å². The molecule has 0 fully saturated rings. The van der Waals surface area contributed by atoms with Gasteiger partial charge in [0.05, 0.1) is 10.9 Å². The van der Waals surface area contributed by atoms with Crippen molar-refractivity contribution in [2.45, 2.75) is 32.6 Å². The molecule has 1 amide bonds. The van der Waals surface area contributed by atoms with Crippen molar-refractivity contribution in [2.24, 2.45) is 5.73 Å². The van der Waals surface area contributed by atoms with Gasteiger partial charge < -0.3 is 15.5 Å². The van der Waals surface area contributed by atoms with Crippen molar-refractivity contribution in [3.05, 3.63) is 23.0 Å². The predicted octanol–water partition coefficient (Wildman–Crippen LogP) is 1.90. The number of nitrogens with two attached hydrogens (primary N) is 1. The molecule has 0 radical (unpaired) electrons. The topological polar surface area (TPSA) is 101 Å². The van der Waals surface area contributed by atoms with Gasteiger partial charge in [0.2, 0.25) is 5.71 Å². The number of fused-ring (bicyclic) bond motifs is 1. The highest BCUT2D eigenvalue weighted by atomic mass is 32.2. The number of aromatic nitrogens is 1. The largest absolute Gasteiger partial charge is 0.442 e. The standard InChI is InChI=1S/C17H26N4O3S/c1-11-14(16(22)19-2)13-10-12(8-6-5-7-9-18)15(20-17(13)24-11)21(3)25(4)23/h10H,5-9,18H2,1-4H3,(H,19,22). The van der Waals surface area contributed by atoms with E-state index in [0.717, 1.165) is 31.2 Å². The van der Waals surface area contributed by atoms with Gasteiger partial charge in [-0.25, -0.2) is 4.21 Å². The zero-order valence-corrected chi connectivity index (χ0v) is 16.0. The molecule has 0 saturated heterocycles. The third kappa shape index (κ3) is 4.19. The van der Waals surface area contributed by atoms with Crippen LogP contribution in [-0.2, 0) is 17.4 Å². The molecular weight excluding hydrogens is 340 g/mol. The first kappa shape index (κ1) is 19.4. The summed E-state index contributed by atoms with van der Waals surface area (Å²) in [6.07, 6.45) is 5.31. The Labute approximate surface area is 150 Å². The lowest BCUT2D eigenvalue weighted by atomic mass is 10.0. The van der Waals surface area contributed by atoms with E-state index in [2.05, 4.69) is 10.3 Å². The number of rotatable bonds is 8. The van der Waals surface area contributed by atoms with Crippen LogP contribution in [0.5, 0.6) is 0 Å². The zero-order chi connectivity index (χ0) is 18.6. The highest BCUT2D eigenvalue weighted by Crippen LogP contribution is 2.30. The molecule has 0 aromatic carbocycles. The lowest BCUT2D eigenvalue weighted by molar-refractivity contribution is 0.0963. The minimum absolute atomic E-state index is 0.202. The van der Waals surface area contributed by atoms with E-state index in [1.807, 2.05) is 6.07 Å². The number of anilines is 1. The van der Waals surface area contributed by atoms with Gasteiger partial charge in [0.1, 0.15) is 22.6 Å². The summed E-state index contributed by atoms with van der Waals surface area (Å²) >= 11 is 0. The van der Waals surface area contributed by atoms with Gasteiger partial charge in [0.15, 0.2) is 0 Å². The minimum atomic E-state index is -1.20. The number of unbranched alkanes of at least 4 members (excludes halogenated alkanes) is 2. The van der Waals surface area contributed by atoms with Gasteiger partial charge in [-0.2, -0.15) is 4.98 Å². The first-order chi connectivity index (χ1) is 11.9. The molecule has 0 saturated carbocycles. The summed E-state index contributed by atoms with van der Waals surface area (Å²) in [5.74, 6) is 0.943. The molecule has 2 aromatic rings. The Morgan fingerprint density at radius 2 is 2.12 bits per heavy atom. The van der Waals surface area contributed by atoms with E-state index in [9.17, 15) is 9.00 Å². The summed E-state index contributed by atoms with van der Waals surface area (Å²) in [4.78, 5) is 16.7. The molecule has 0 aliphatic heterocycles. The van der Waals surface area contributed by atoms with Crippen molar-refractivity contribution < 1.29 is 13.4 Å². The number of carbonyl (C=O) groups excluding carboxylic acids is 1. The van der Waals surface area contributed by atoms with Crippen LogP contribution in [0.2, 0.25) is 0 Å². The first-order valence-corrected chi connectivity index (χ1v) is 9.84. The lowest BCUT2D eigenvalue weighted by Gasteiger charge is -2.18. The monoisotopic (exact) mass is 366 g/mol. The number of nitrogens with zero attached hydrogens (tertiary/aromatic N) is 2.